The van der Waals surface area contributed by atoms with Crippen molar-refractivity contribution in [2.45, 2.75) is 13.8 Å². The quantitative estimate of drug-likeness (QED) is 0.603. The Morgan fingerprint density at radius 1 is 1.30 bits per heavy atom. The van der Waals surface area contributed by atoms with Gasteiger partial charge in [-0.2, -0.15) is 0 Å². The minimum Gasteiger partial charge on any atom is -0.493 e. The molecule has 2 N–H and O–H groups in total. The van der Waals surface area contributed by atoms with Gasteiger partial charge >= 0.3 is 0 Å². The molecule has 128 valence electrons. The van der Waals surface area contributed by atoms with Crippen molar-refractivity contribution < 1.29 is 19.2 Å². The Bertz CT molecular complexity index is 601. The second-order valence-corrected chi connectivity index (χ2v) is 6.01. The lowest BCUT2D eigenvalue weighted by molar-refractivity contribution is -0.385. The fourth-order valence-electron chi connectivity index (χ4n) is 2.17. The number of carbonyl (C=O) groups is 1. The first-order valence-corrected chi connectivity index (χ1v) is 7.02. The number of ether oxygens (including phenoxy) is 2. The molecule has 0 bridgehead atoms. The van der Waals surface area contributed by atoms with Gasteiger partial charge in [-0.05, 0) is 12.0 Å². The van der Waals surface area contributed by atoms with Crippen molar-refractivity contribution in [2.24, 2.45) is 11.1 Å². The van der Waals surface area contributed by atoms with Crippen LogP contribution >= 0.6 is 0 Å². The van der Waals surface area contributed by atoms with Crippen LogP contribution in [0.1, 0.15) is 24.2 Å². The average Bonchev–Trinajstić information content (AvgIpc) is 2.52. The number of nitrogens with two attached hydrogens (primary N) is 1. The summed E-state index contributed by atoms with van der Waals surface area (Å²) >= 11 is 0. The summed E-state index contributed by atoms with van der Waals surface area (Å²) in [5.74, 6) is -0.0206. The van der Waals surface area contributed by atoms with E-state index in [1.54, 1.807) is 7.05 Å². The molecule has 1 amide bonds. The van der Waals surface area contributed by atoms with Crippen LogP contribution in [0.4, 0.5) is 5.69 Å². The van der Waals surface area contributed by atoms with E-state index in [1.165, 1.54) is 31.3 Å². The van der Waals surface area contributed by atoms with E-state index in [1.807, 2.05) is 13.8 Å². The van der Waals surface area contributed by atoms with E-state index >= 15 is 0 Å². The molecule has 0 atom stereocenters. The first-order valence-electron chi connectivity index (χ1n) is 7.02. The van der Waals surface area contributed by atoms with Gasteiger partial charge in [0, 0.05) is 19.7 Å². The number of amides is 1. The second kappa shape index (κ2) is 7.28. The fourth-order valence-corrected chi connectivity index (χ4v) is 2.17. The van der Waals surface area contributed by atoms with Crippen LogP contribution in [0.25, 0.3) is 0 Å². The number of hydrogen-bond acceptors (Lipinski definition) is 6. The highest BCUT2D eigenvalue weighted by Crippen LogP contribution is 2.35. The molecule has 1 aromatic rings. The van der Waals surface area contributed by atoms with E-state index in [2.05, 4.69) is 0 Å². The molecule has 0 saturated heterocycles. The van der Waals surface area contributed by atoms with Crippen molar-refractivity contribution in [3.05, 3.63) is 27.8 Å². The van der Waals surface area contributed by atoms with Crippen molar-refractivity contribution in [2.75, 3.05) is 34.4 Å². The van der Waals surface area contributed by atoms with Crippen LogP contribution < -0.4 is 15.2 Å². The van der Waals surface area contributed by atoms with E-state index in [0.717, 1.165) is 0 Å². The van der Waals surface area contributed by atoms with Crippen molar-refractivity contribution in [3.63, 3.8) is 0 Å². The van der Waals surface area contributed by atoms with E-state index in [0.29, 0.717) is 13.1 Å². The van der Waals surface area contributed by atoms with Gasteiger partial charge in [0.2, 0.25) is 0 Å². The van der Waals surface area contributed by atoms with Gasteiger partial charge in [-0.1, -0.05) is 13.8 Å². The summed E-state index contributed by atoms with van der Waals surface area (Å²) in [6, 6.07) is 2.51. The zero-order valence-electron chi connectivity index (χ0n) is 14.1. The molecular formula is C15H23N3O5. The molecule has 0 fully saturated rings. The van der Waals surface area contributed by atoms with Gasteiger partial charge in [0.05, 0.1) is 25.2 Å². The lowest BCUT2D eigenvalue weighted by atomic mass is 9.93. The van der Waals surface area contributed by atoms with Crippen LogP contribution in [0.5, 0.6) is 11.5 Å². The molecule has 0 radical (unpaired) electrons. The third-order valence-electron chi connectivity index (χ3n) is 3.49. The number of methoxy groups -OCH3 is 2. The summed E-state index contributed by atoms with van der Waals surface area (Å²) in [5, 5.41) is 11.3. The Balaban J connectivity index is 3.29. The van der Waals surface area contributed by atoms with Gasteiger partial charge < -0.3 is 20.1 Å². The van der Waals surface area contributed by atoms with Crippen molar-refractivity contribution in [1.82, 2.24) is 4.90 Å². The van der Waals surface area contributed by atoms with E-state index in [9.17, 15) is 14.9 Å². The Morgan fingerprint density at radius 3 is 2.26 bits per heavy atom. The second-order valence-electron chi connectivity index (χ2n) is 6.01. The maximum atomic E-state index is 12.6. The van der Waals surface area contributed by atoms with Gasteiger partial charge in [-0.3, -0.25) is 14.9 Å². The number of carbonyl (C=O) groups excluding carboxylic acids is 1. The summed E-state index contributed by atoms with van der Waals surface area (Å²) in [5.41, 5.74) is 5.00. The lowest BCUT2D eigenvalue weighted by Gasteiger charge is -2.29. The molecule has 0 unspecified atom stereocenters. The maximum absolute atomic E-state index is 12.6. The zero-order chi connectivity index (χ0) is 17.8. The minimum atomic E-state index is -0.614. The van der Waals surface area contributed by atoms with Crippen molar-refractivity contribution in [1.29, 1.82) is 0 Å². The molecule has 0 aliphatic heterocycles. The molecule has 1 aromatic carbocycles. The highest BCUT2D eigenvalue weighted by atomic mass is 16.6. The highest BCUT2D eigenvalue weighted by molar-refractivity contribution is 5.99. The van der Waals surface area contributed by atoms with Crippen molar-refractivity contribution in [3.8, 4) is 11.5 Å². The molecule has 0 aromatic heterocycles. The largest absolute Gasteiger partial charge is 0.493 e. The molecule has 8 nitrogen and oxygen atoms in total. The molecule has 0 aliphatic carbocycles. The summed E-state index contributed by atoms with van der Waals surface area (Å²) in [7, 11) is 4.36. The van der Waals surface area contributed by atoms with Crippen LogP contribution in [0, 0.1) is 15.5 Å². The monoisotopic (exact) mass is 325 g/mol. The molecule has 1 rings (SSSR count). The SMILES string of the molecule is COc1cc(C(=O)N(C)CC(C)(C)CN)c([N+](=O)[O-])cc1OC. The predicted octanol–water partition coefficient (Wildman–Crippen LogP) is 1.67. The lowest BCUT2D eigenvalue weighted by Crippen LogP contribution is -2.39. The first-order chi connectivity index (χ1) is 10.7. The summed E-state index contributed by atoms with van der Waals surface area (Å²) in [4.78, 5) is 24.7. The number of nitro groups is 1. The summed E-state index contributed by atoms with van der Waals surface area (Å²) < 4.78 is 10.2. The Kier molecular flexibility index (Phi) is 5.91. The summed E-state index contributed by atoms with van der Waals surface area (Å²) in [6.45, 7) is 4.59. The first kappa shape index (κ1) is 18.7. The molecule has 0 aliphatic rings. The third-order valence-corrected chi connectivity index (χ3v) is 3.49. The number of nitro benzene ring substituents is 1. The van der Waals surface area contributed by atoms with Gasteiger partial charge in [-0.25, -0.2) is 0 Å². The van der Waals surface area contributed by atoms with Crippen LogP contribution in [0.15, 0.2) is 12.1 Å². The van der Waals surface area contributed by atoms with E-state index < -0.39 is 10.8 Å². The van der Waals surface area contributed by atoms with E-state index in [-0.39, 0.29) is 28.2 Å². The summed E-state index contributed by atoms with van der Waals surface area (Å²) in [6.07, 6.45) is 0. The van der Waals surface area contributed by atoms with Gasteiger partial charge in [0.15, 0.2) is 11.5 Å². The number of nitrogens with zero attached hydrogens (tertiary/aromatic N) is 2. The zero-order valence-corrected chi connectivity index (χ0v) is 14.1. The van der Waals surface area contributed by atoms with Gasteiger partial charge in [0.1, 0.15) is 5.56 Å². The minimum absolute atomic E-state index is 0.0528. The number of hydrogen-bond donors (Lipinski definition) is 1. The Labute approximate surface area is 135 Å². The molecule has 0 heterocycles. The maximum Gasteiger partial charge on any atom is 0.286 e. The number of rotatable bonds is 7. The van der Waals surface area contributed by atoms with Gasteiger partial charge in [0.25, 0.3) is 11.6 Å². The Hall–Kier alpha value is -2.35. The molecule has 23 heavy (non-hydrogen) atoms. The number of benzene rings is 1. The van der Waals surface area contributed by atoms with Crippen LogP contribution in [0.2, 0.25) is 0 Å². The smallest absolute Gasteiger partial charge is 0.286 e. The normalized spacial score (nSPS) is 11.0. The molecule has 8 heteroatoms. The highest BCUT2D eigenvalue weighted by Gasteiger charge is 2.29. The Morgan fingerprint density at radius 2 is 1.83 bits per heavy atom. The van der Waals surface area contributed by atoms with Crippen LogP contribution in [-0.2, 0) is 0 Å². The van der Waals surface area contributed by atoms with Crippen LogP contribution in [0.3, 0.4) is 0 Å². The molecule has 0 spiro atoms. The topological polar surface area (TPSA) is 108 Å². The average molecular weight is 325 g/mol. The molecule has 0 saturated carbocycles. The fraction of sp³-hybridized carbons (Fsp3) is 0.533. The van der Waals surface area contributed by atoms with E-state index in [4.69, 9.17) is 15.2 Å². The predicted molar refractivity (Wildman–Crippen MR) is 86.0 cm³/mol. The van der Waals surface area contributed by atoms with Crippen LogP contribution in [-0.4, -0.2) is 50.1 Å². The standard InChI is InChI=1S/C15H23N3O5/c1-15(2,8-16)9-17(3)14(19)10-6-12(22-4)13(23-5)7-11(10)18(20)21/h6-7H,8-9,16H2,1-5H3. The third kappa shape index (κ3) is 4.32. The van der Waals surface area contributed by atoms with Gasteiger partial charge in [-0.15, -0.1) is 0 Å². The molecular weight excluding hydrogens is 302 g/mol. The van der Waals surface area contributed by atoms with Crippen molar-refractivity contribution >= 4 is 11.6 Å².